The molecule has 0 amide bonds. The van der Waals surface area contributed by atoms with Crippen LogP contribution in [0.25, 0.3) is 10.9 Å². The minimum Gasteiger partial charge on any atom is -0.480 e. The van der Waals surface area contributed by atoms with Crippen LogP contribution in [-0.2, 0) is 9.59 Å². The highest BCUT2D eigenvalue weighted by Crippen LogP contribution is 2.27. The van der Waals surface area contributed by atoms with E-state index in [0.29, 0.717) is 5.56 Å². The average molecular weight is 262 g/mol. The van der Waals surface area contributed by atoms with E-state index in [9.17, 15) is 14.7 Å². The third kappa shape index (κ3) is 2.58. The van der Waals surface area contributed by atoms with Gasteiger partial charge in [0.05, 0.1) is 6.54 Å². The standard InChI is InChI=1S/C13H14N2O4/c1-15(7-11(16)17)12(13(18)19)9-6-14-10-5-3-2-4-8(9)10/h2-6,12,14H,7H2,1H3,(H,16,17)(H,18,19). The zero-order valence-electron chi connectivity index (χ0n) is 10.3. The van der Waals surface area contributed by atoms with Gasteiger partial charge in [-0.3, -0.25) is 14.5 Å². The van der Waals surface area contributed by atoms with E-state index in [1.54, 1.807) is 6.20 Å². The van der Waals surface area contributed by atoms with Crippen molar-refractivity contribution >= 4 is 22.8 Å². The van der Waals surface area contributed by atoms with Crippen molar-refractivity contribution in [2.75, 3.05) is 13.6 Å². The Morgan fingerprint density at radius 2 is 2.00 bits per heavy atom. The molecule has 6 heteroatoms. The maximum atomic E-state index is 11.4. The fourth-order valence-corrected chi connectivity index (χ4v) is 2.18. The molecule has 0 radical (unpaired) electrons. The normalized spacial score (nSPS) is 12.7. The summed E-state index contributed by atoms with van der Waals surface area (Å²) in [6.45, 7) is -0.337. The van der Waals surface area contributed by atoms with Crippen LogP contribution in [0.3, 0.4) is 0 Å². The van der Waals surface area contributed by atoms with Crippen LogP contribution in [0.4, 0.5) is 0 Å². The summed E-state index contributed by atoms with van der Waals surface area (Å²) in [6.07, 6.45) is 1.61. The number of aliphatic carboxylic acids is 2. The maximum absolute atomic E-state index is 11.4. The molecule has 3 N–H and O–H groups in total. The quantitative estimate of drug-likeness (QED) is 0.755. The Morgan fingerprint density at radius 3 is 2.63 bits per heavy atom. The maximum Gasteiger partial charge on any atom is 0.325 e. The second kappa shape index (κ2) is 5.11. The number of fused-ring (bicyclic) bond motifs is 1. The predicted molar refractivity (Wildman–Crippen MR) is 68.9 cm³/mol. The van der Waals surface area contributed by atoms with Crippen molar-refractivity contribution in [3.63, 3.8) is 0 Å². The Morgan fingerprint density at radius 1 is 1.32 bits per heavy atom. The van der Waals surface area contributed by atoms with Crippen LogP contribution in [0.15, 0.2) is 30.5 Å². The number of para-hydroxylation sites is 1. The lowest BCUT2D eigenvalue weighted by atomic mass is 10.0. The number of nitrogens with zero attached hydrogens (tertiary/aromatic N) is 1. The lowest BCUT2D eigenvalue weighted by Gasteiger charge is -2.22. The molecule has 0 aliphatic rings. The van der Waals surface area contributed by atoms with Gasteiger partial charge in [-0.1, -0.05) is 18.2 Å². The number of carboxylic acid groups (broad SMARTS) is 2. The van der Waals surface area contributed by atoms with Crippen molar-refractivity contribution in [1.82, 2.24) is 9.88 Å². The summed E-state index contributed by atoms with van der Waals surface area (Å²) in [5, 5.41) is 18.9. The molecule has 0 saturated heterocycles. The monoisotopic (exact) mass is 262 g/mol. The number of carboxylic acids is 2. The van der Waals surface area contributed by atoms with E-state index in [1.165, 1.54) is 11.9 Å². The van der Waals surface area contributed by atoms with Crippen molar-refractivity contribution in [3.8, 4) is 0 Å². The molecule has 0 aliphatic carbocycles. The minimum atomic E-state index is -1.08. The van der Waals surface area contributed by atoms with Crippen LogP contribution in [0.1, 0.15) is 11.6 Å². The van der Waals surface area contributed by atoms with Gasteiger partial charge in [0, 0.05) is 22.7 Å². The smallest absolute Gasteiger partial charge is 0.325 e. The molecule has 19 heavy (non-hydrogen) atoms. The predicted octanol–water partition coefficient (Wildman–Crippen LogP) is 1.31. The van der Waals surface area contributed by atoms with Gasteiger partial charge in [0.25, 0.3) is 0 Å². The Kier molecular flexibility index (Phi) is 3.52. The number of H-pyrrole nitrogens is 1. The number of nitrogens with one attached hydrogen (secondary N) is 1. The van der Waals surface area contributed by atoms with E-state index in [4.69, 9.17) is 5.11 Å². The molecule has 1 heterocycles. The average Bonchev–Trinajstić information content (AvgIpc) is 2.72. The first-order valence-electron chi connectivity index (χ1n) is 5.71. The second-order valence-electron chi connectivity index (χ2n) is 4.34. The highest BCUT2D eigenvalue weighted by Gasteiger charge is 2.28. The number of rotatable bonds is 5. The van der Waals surface area contributed by atoms with E-state index in [0.717, 1.165) is 10.9 Å². The fourth-order valence-electron chi connectivity index (χ4n) is 2.18. The summed E-state index contributed by atoms with van der Waals surface area (Å²) in [5.74, 6) is -2.14. The van der Waals surface area contributed by atoms with Crippen LogP contribution >= 0.6 is 0 Å². The van der Waals surface area contributed by atoms with Crippen LogP contribution in [-0.4, -0.2) is 45.6 Å². The largest absolute Gasteiger partial charge is 0.480 e. The van der Waals surface area contributed by atoms with Crippen molar-refractivity contribution in [1.29, 1.82) is 0 Å². The van der Waals surface area contributed by atoms with E-state index < -0.39 is 18.0 Å². The van der Waals surface area contributed by atoms with E-state index in [1.807, 2.05) is 24.3 Å². The SMILES string of the molecule is CN(CC(=O)O)C(C(=O)O)c1c[nH]c2ccccc12. The Bertz CT molecular complexity index is 620. The van der Waals surface area contributed by atoms with E-state index >= 15 is 0 Å². The lowest BCUT2D eigenvalue weighted by Crippen LogP contribution is -2.34. The molecule has 0 saturated carbocycles. The second-order valence-corrected chi connectivity index (χ2v) is 4.34. The molecule has 0 aliphatic heterocycles. The summed E-state index contributed by atoms with van der Waals surface area (Å²) in [7, 11) is 1.48. The summed E-state index contributed by atoms with van der Waals surface area (Å²) in [4.78, 5) is 26.4. The van der Waals surface area contributed by atoms with Crippen LogP contribution in [0, 0.1) is 0 Å². The minimum absolute atomic E-state index is 0.337. The van der Waals surface area contributed by atoms with Crippen molar-refractivity contribution in [3.05, 3.63) is 36.0 Å². The lowest BCUT2D eigenvalue weighted by molar-refractivity contribution is -0.145. The summed E-state index contributed by atoms with van der Waals surface area (Å²) >= 11 is 0. The molecule has 0 spiro atoms. The summed E-state index contributed by atoms with van der Waals surface area (Å²) < 4.78 is 0. The van der Waals surface area contributed by atoms with Gasteiger partial charge in [-0.25, -0.2) is 0 Å². The highest BCUT2D eigenvalue weighted by molar-refractivity contribution is 5.89. The third-order valence-corrected chi connectivity index (χ3v) is 2.98. The fraction of sp³-hybridized carbons (Fsp3) is 0.231. The molecule has 0 fully saturated rings. The Labute approximate surface area is 109 Å². The first-order chi connectivity index (χ1) is 9.00. The molecule has 1 unspecified atom stereocenters. The van der Waals surface area contributed by atoms with Gasteiger partial charge in [-0.15, -0.1) is 0 Å². The zero-order valence-corrected chi connectivity index (χ0v) is 10.3. The summed E-state index contributed by atoms with van der Waals surface area (Å²) in [6, 6.07) is 6.32. The Balaban J connectivity index is 2.44. The number of aromatic amines is 1. The van der Waals surface area contributed by atoms with Gasteiger partial charge in [-0.05, 0) is 13.1 Å². The van der Waals surface area contributed by atoms with Crippen LogP contribution < -0.4 is 0 Å². The Hall–Kier alpha value is -2.34. The molecule has 100 valence electrons. The molecule has 0 bridgehead atoms. The highest BCUT2D eigenvalue weighted by atomic mass is 16.4. The number of hydrogen-bond donors (Lipinski definition) is 3. The molecule has 1 aromatic carbocycles. The van der Waals surface area contributed by atoms with Gasteiger partial charge < -0.3 is 15.2 Å². The number of likely N-dealkylation sites (N-methyl/N-ethyl adjacent to an activating group) is 1. The molecule has 2 aromatic rings. The molecule has 1 atom stereocenters. The third-order valence-electron chi connectivity index (χ3n) is 2.98. The summed E-state index contributed by atoms with van der Waals surface area (Å²) in [5.41, 5.74) is 1.39. The van der Waals surface area contributed by atoms with Gasteiger partial charge >= 0.3 is 11.9 Å². The van der Waals surface area contributed by atoms with Crippen molar-refractivity contribution in [2.24, 2.45) is 0 Å². The van der Waals surface area contributed by atoms with Gasteiger partial charge in [0.2, 0.25) is 0 Å². The van der Waals surface area contributed by atoms with E-state index in [2.05, 4.69) is 4.98 Å². The molecular formula is C13H14N2O4. The first-order valence-corrected chi connectivity index (χ1v) is 5.71. The van der Waals surface area contributed by atoms with Crippen molar-refractivity contribution in [2.45, 2.75) is 6.04 Å². The van der Waals surface area contributed by atoms with Crippen LogP contribution in [0.5, 0.6) is 0 Å². The van der Waals surface area contributed by atoms with Crippen LogP contribution in [0.2, 0.25) is 0 Å². The van der Waals surface area contributed by atoms with E-state index in [-0.39, 0.29) is 6.54 Å². The van der Waals surface area contributed by atoms with Gasteiger partial charge in [-0.2, -0.15) is 0 Å². The molecule has 1 aromatic heterocycles. The first kappa shape index (κ1) is 13.1. The zero-order chi connectivity index (χ0) is 14.0. The number of carbonyl (C=O) groups is 2. The van der Waals surface area contributed by atoms with Gasteiger partial charge in [0.15, 0.2) is 0 Å². The number of hydrogen-bond acceptors (Lipinski definition) is 3. The topological polar surface area (TPSA) is 93.6 Å². The number of benzene rings is 1. The number of aromatic nitrogens is 1. The molecule has 2 rings (SSSR count). The van der Waals surface area contributed by atoms with Gasteiger partial charge in [0.1, 0.15) is 6.04 Å². The molecular weight excluding hydrogens is 248 g/mol. The molecule has 6 nitrogen and oxygen atoms in total. The van der Waals surface area contributed by atoms with Crippen molar-refractivity contribution < 1.29 is 19.8 Å².